The minimum Gasteiger partial charge on any atom is -0.390 e. The Labute approximate surface area is 478 Å². The SMILES string of the molecule is NCC1OC(OC2C(N)CC(N)C(OC3OC(CN4CCN(Cc5cccc(CN6CCN(CC7OC(OC8C(N)CC(N)C(OC9OC(CN)C(O)CC9N)C8O)C(O)C(N)C7O)CC6)c5)CC4)C(O)C(N)C3O)C2O)C(N)CC1O. The molecule has 9 rings (SSSR count). The average molecular weight is 1170 g/mol. The standard InChI is InChI=1S/C52H96N14O16/c53-17-33-31(67)15-29(59)49(75-33)79-45-25(55)13-27(57)47(43(45)73)81-51-41(71)37(61)39(69)35(77-51)21-65-8-4-63(5-9-65)19-23-2-1-3-24(12-23)20-64-6-10-66(11-7-64)22-36-40(70)38(62)42(72)52(78-36)82-48-28(58)14-26(56)46(44(48)74)80-50-30(60)16-32(68)34(18-54)76-50/h1-3,12,25-52,67-74H,4-11,13-22,53-62H2. The van der Waals surface area contributed by atoms with Gasteiger partial charge in [0.05, 0.1) is 60.8 Å². The van der Waals surface area contributed by atoms with Gasteiger partial charge in [0.15, 0.2) is 25.2 Å². The first-order chi connectivity index (χ1) is 39.1. The summed E-state index contributed by atoms with van der Waals surface area (Å²) in [5.41, 5.74) is 64.8. The molecule has 30 heteroatoms. The van der Waals surface area contributed by atoms with Crippen molar-refractivity contribution < 1.29 is 78.7 Å². The van der Waals surface area contributed by atoms with Gasteiger partial charge in [0.1, 0.15) is 61.0 Å². The second kappa shape index (κ2) is 28.5. The van der Waals surface area contributed by atoms with Gasteiger partial charge in [-0.15, -0.1) is 0 Å². The van der Waals surface area contributed by atoms with E-state index in [2.05, 4.69) is 43.9 Å². The predicted molar refractivity (Wildman–Crippen MR) is 292 cm³/mol. The van der Waals surface area contributed by atoms with Crippen LogP contribution in [0.5, 0.6) is 0 Å². The molecule has 2 aliphatic carbocycles. The fourth-order valence-corrected chi connectivity index (χ4v) is 13.0. The van der Waals surface area contributed by atoms with E-state index in [4.69, 9.17) is 95.2 Å². The molecule has 28 N–H and O–H groups in total. The Bertz CT molecular complexity index is 2000. The van der Waals surface area contributed by atoms with Crippen molar-refractivity contribution in [2.24, 2.45) is 57.3 Å². The van der Waals surface area contributed by atoms with Gasteiger partial charge in [0.2, 0.25) is 0 Å². The third kappa shape index (κ3) is 14.9. The molecule has 0 bridgehead atoms. The van der Waals surface area contributed by atoms with E-state index in [1.165, 1.54) is 11.1 Å². The maximum Gasteiger partial charge on any atom is 0.186 e. The van der Waals surface area contributed by atoms with E-state index in [9.17, 15) is 40.9 Å². The predicted octanol–water partition coefficient (Wildman–Crippen LogP) is -10.6. The zero-order valence-electron chi connectivity index (χ0n) is 46.6. The highest BCUT2D eigenvalue weighted by Crippen LogP contribution is 2.34. The van der Waals surface area contributed by atoms with Crippen molar-refractivity contribution in [2.75, 3.05) is 78.5 Å². The van der Waals surface area contributed by atoms with Crippen molar-refractivity contribution in [3.05, 3.63) is 35.4 Å². The largest absolute Gasteiger partial charge is 0.390 e. The average Bonchev–Trinajstić information content (AvgIpc) is 3.50. The summed E-state index contributed by atoms with van der Waals surface area (Å²) in [5.74, 6) is 0. The van der Waals surface area contributed by atoms with Gasteiger partial charge >= 0.3 is 0 Å². The second-order valence-corrected chi connectivity index (χ2v) is 24.2. The molecular weight excluding hydrogens is 1080 g/mol. The van der Waals surface area contributed by atoms with E-state index < -0.39 is 171 Å². The first-order valence-electron chi connectivity index (χ1n) is 29.2. The Morgan fingerprint density at radius 2 is 0.707 bits per heavy atom. The van der Waals surface area contributed by atoms with Gasteiger partial charge in [0.25, 0.3) is 0 Å². The molecule has 28 unspecified atom stereocenters. The van der Waals surface area contributed by atoms with Crippen molar-refractivity contribution in [3.8, 4) is 0 Å². The Hall–Kier alpha value is -1.98. The van der Waals surface area contributed by atoms with Crippen molar-refractivity contribution in [1.29, 1.82) is 0 Å². The van der Waals surface area contributed by atoms with Crippen molar-refractivity contribution in [3.63, 3.8) is 0 Å². The maximum absolute atomic E-state index is 11.6. The number of rotatable bonds is 18. The highest BCUT2D eigenvalue weighted by Gasteiger charge is 2.53. The summed E-state index contributed by atoms with van der Waals surface area (Å²) in [6.45, 7) is 7.88. The third-order valence-electron chi connectivity index (χ3n) is 18.1. The molecule has 1 aromatic rings. The van der Waals surface area contributed by atoms with Crippen LogP contribution in [0, 0.1) is 0 Å². The summed E-state index contributed by atoms with van der Waals surface area (Å²) >= 11 is 0. The molecule has 470 valence electrons. The van der Waals surface area contributed by atoms with Crippen LogP contribution in [-0.4, -0.2) is 310 Å². The number of nitrogens with two attached hydrogens (primary N) is 10. The lowest BCUT2D eigenvalue weighted by Crippen LogP contribution is -2.68. The molecule has 8 aliphatic rings. The van der Waals surface area contributed by atoms with Crippen molar-refractivity contribution in [2.45, 2.75) is 210 Å². The molecule has 28 atom stereocenters. The topological polar surface area (TPSA) is 509 Å². The molecule has 0 amide bonds. The summed E-state index contributed by atoms with van der Waals surface area (Å²) < 4.78 is 48.7. The van der Waals surface area contributed by atoms with Gasteiger partial charge in [0, 0.05) is 116 Å². The maximum atomic E-state index is 11.6. The van der Waals surface area contributed by atoms with E-state index in [0.29, 0.717) is 39.3 Å². The highest BCUT2D eigenvalue weighted by molar-refractivity contribution is 5.24. The van der Waals surface area contributed by atoms with Crippen LogP contribution in [0.4, 0.5) is 0 Å². The molecule has 6 aliphatic heterocycles. The molecule has 0 spiro atoms. The van der Waals surface area contributed by atoms with Gasteiger partial charge in [-0.25, -0.2) is 0 Å². The van der Waals surface area contributed by atoms with Crippen LogP contribution in [0.2, 0.25) is 0 Å². The zero-order chi connectivity index (χ0) is 58.8. The molecule has 6 heterocycles. The fourth-order valence-electron chi connectivity index (χ4n) is 13.0. The van der Waals surface area contributed by atoms with Crippen LogP contribution in [0.1, 0.15) is 36.8 Å². The summed E-state index contributed by atoms with van der Waals surface area (Å²) in [4.78, 5) is 9.09. The fraction of sp³-hybridized carbons (Fsp3) is 0.885. The monoisotopic (exact) mass is 1170 g/mol. The molecule has 30 nitrogen and oxygen atoms in total. The van der Waals surface area contributed by atoms with Gasteiger partial charge in [-0.05, 0) is 36.8 Å². The molecule has 6 saturated heterocycles. The Balaban J connectivity index is 0.711. The molecule has 2 saturated carbocycles. The molecular formula is C52H96N14O16. The minimum atomic E-state index is -1.44. The quantitative estimate of drug-likeness (QED) is 0.0649. The smallest absolute Gasteiger partial charge is 0.186 e. The first-order valence-corrected chi connectivity index (χ1v) is 29.2. The molecule has 82 heavy (non-hydrogen) atoms. The van der Waals surface area contributed by atoms with Crippen LogP contribution in [-0.2, 0) is 51.0 Å². The number of piperazine rings is 2. The first kappa shape index (κ1) is 64.5. The number of aliphatic hydroxyl groups is 8. The zero-order valence-corrected chi connectivity index (χ0v) is 46.6. The molecule has 0 aromatic heterocycles. The normalized spacial score (nSPS) is 47.1. The highest BCUT2D eigenvalue weighted by atomic mass is 16.7. The second-order valence-electron chi connectivity index (χ2n) is 24.2. The van der Waals surface area contributed by atoms with Gasteiger partial charge in [-0.1, -0.05) is 24.3 Å². The number of hydrogen-bond acceptors (Lipinski definition) is 30. The molecule has 1 aromatic carbocycles. The summed E-state index contributed by atoms with van der Waals surface area (Å²) in [6.07, 6.45) is -21.2. The summed E-state index contributed by atoms with van der Waals surface area (Å²) in [6, 6.07) is 1.87. The van der Waals surface area contributed by atoms with Crippen molar-refractivity contribution >= 4 is 0 Å². The number of aliphatic hydroxyl groups excluding tert-OH is 8. The molecule has 0 radical (unpaired) electrons. The number of nitrogens with zero attached hydrogens (tertiary/aromatic N) is 4. The lowest BCUT2D eigenvalue weighted by molar-refractivity contribution is -0.313. The van der Waals surface area contributed by atoms with Crippen LogP contribution in [0.25, 0.3) is 0 Å². The van der Waals surface area contributed by atoms with E-state index in [1.807, 2.05) is 0 Å². The van der Waals surface area contributed by atoms with E-state index in [0.717, 1.165) is 39.3 Å². The lowest BCUT2D eigenvalue weighted by atomic mass is 9.84. The number of benzene rings is 1. The van der Waals surface area contributed by atoms with Crippen LogP contribution in [0.15, 0.2) is 24.3 Å². The van der Waals surface area contributed by atoms with Crippen LogP contribution < -0.4 is 57.3 Å². The Morgan fingerprint density at radius 1 is 0.390 bits per heavy atom. The molecule has 8 fully saturated rings. The van der Waals surface area contributed by atoms with Gasteiger partial charge in [-0.2, -0.15) is 0 Å². The van der Waals surface area contributed by atoms with Crippen molar-refractivity contribution in [1.82, 2.24) is 19.6 Å². The van der Waals surface area contributed by atoms with E-state index in [1.54, 1.807) is 0 Å². The van der Waals surface area contributed by atoms with Gasteiger partial charge < -0.3 is 136 Å². The van der Waals surface area contributed by atoms with E-state index >= 15 is 0 Å². The third-order valence-corrected chi connectivity index (χ3v) is 18.1. The van der Waals surface area contributed by atoms with E-state index in [-0.39, 0.29) is 38.8 Å². The summed E-state index contributed by atoms with van der Waals surface area (Å²) in [5, 5.41) is 88.5. The van der Waals surface area contributed by atoms with Crippen LogP contribution >= 0.6 is 0 Å². The minimum absolute atomic E-state index is 0.0343. The van der Waals surface area contributed by atoms with Crippen LogP contribution in [0.3, 0.4) is 0 Å². The Kier molecular flexibility index (Phi) is 22.4. The number of hydrogen-bond donors (Lipinski definition) is 18. The summed E-state index contributed by atoms with van der Waals surface area (Å²) in [7, 11) is 0. The lowest BCUT2D eigenvalue weighted by Gasteiger charge is -2.48. The Morgan fingerprint density at radius 3 is 1.05 bits per heavy atom. The van der Waals surface area contributed by atoms with Gasteiger partial charge in [-0.3, -0.25) is 19.6 Å². The number of ether oxygens (including phenoxy) is 8.